The van der Waals surface area contributed by atoms with Gasteiger partial charge in [0.2, 0.25) is 0 Å². The van der Waals surface area contributed by atoms with Crippen LogP contribution in [0.4, 0.5) is 0 Å². The summed E-state index contributed by atoms with van der Waals surface area (Å²) in [5.41, 5.74) is 10.00. The van der Waals surface area contributed by atoms with Crippen LogP contribution in [0, 0.1) is 0 Å². The van der Waals surface area contributed by atoms with Gasteiger partial charge in [0.05, 0.1) is 22.1 Å². The Labute approximate surface area is 231 Å². The minimum Gasteiger partial charge on any atom is -0.309 e. The fourth-order valence-electron chi connectivity index (χ4n) is 5.84. The smallest absolute Gasteiger partial charge is 0.145 e. The van der Waals surface area contributed by atoms with Crippen LogP contribution in [-0.4, -0.2) is 19.1 Å². The van der Waals surface area contributed by atoms with Gasteiger partial charge in [-0.1, -0.05) is 78.9 Å². The van der Waals surface area contributed by atoms with E-state index >= 15 is 0 Å². The van der Waals surface area contributed by atoms with E-state index in [4.69, 9.17) is 4.98 Å². The number of hydrogen-bond donors (Lipinski definition) is 0. The van der Waals surface area contributed by atoms with Gasteiger partial charge in [-0.05, 0) is 65.7 Å². The molecule has 0 spiro atoms. The van der Waals surface area contributed by atoms with Gasteiger partial charge in [-0.2, -0.15) is 0 Å². The lowest BCUT2D eigenvalue weighted by Crippen LogP contribution is -1.98. The molecule has 40 heavy (non-hydrogen) atoms. The normalized spacial score (nSPS) is 11.5. The Morgan fingerprint density at radius 1 is 0.425 bits per heavy atom. The topological polar surface area (TPSA) is 35.6 Å². The van der Waals surface area contributed by atoms with Crippen LogP contribution < -0.4 is 0 Å². The van der Waals surface area contributed by atoms with Crippen molar-refractivity contribution >= 4 is 32.8 Å². The summed E-state index contributed by atoms with van der Waals surface area (Å²) in [4.78, 5) is 9.61. The van der Waals surface area contributed by atoms with E-state index in [9.17, 15) is 0 Å². The van der Waals surface area contributed by atoms with Gasteiger partial charge in [0.15, 0.2) is 0 Å². The molecule has 4 nitrogen and oxygen atoms in total. The van der Waals surface area contributed by atoms with Crippen molar-refractivity contribution in [3.63, 3.8) is 0 Å². The quantitative estimate of drug-likeness (QED) is 0.236. The zero-order valence-electron chi connectivity index (χ0n) is 21.6. The second-order valence-electron chi connectivity index (χ2n) is 9.94. The number of hydrogen-bond acceptors (Lipinski definition) is 2. The number of fused-ring (bicyclic) bond motifs is 5. The van der Waals surface area contributed by atoms with Gasteiger partial charge < -0.3 is 4.57 Å². The first-order chi connectivity index (χ1) is 19.9. The average molecular weight is 513 g/mol. The standard InChI is InChI=1S/C36H24N4/c1-3-9-25(10-4-1)26-15-17-29(18-16-26)40-33-20-19-32-34(35(33)38-36(40)27-21-23-37-24-22-27)30-13-7-8-14-31(30)39(32)28-11-5-2-6-12-28/h1-24H. The lowest BCUT2D eigenvalue weighted by atomic mass is 10.1. The Hall–Kier alpha value is -5.48. The Kier molecular flexibility index (Phi) is 5.10. The number of imidazole rings is 1. The minimum atomic E-state index is 0.897. The summed E-state index contributed by atoms with van der Waals surface area (Å²) in [6.07, 6.45) is 3.66. The summed E-state index contributed by atoms with van der Waals surface area (Å²) >= 11 is 0. The zero-order valence-corrected chi connectivity index (χ0v) is 21.6. The van der Waals surface area contributed by atoms with Gasteiger partial charge in [0.25, 0.3) is 0 Å². The van der Waals surface area contributed by atoms with E-state index in [1.54, 1.807) is 0 Å². The summed E-state index contributed by atoms with van der Waals surface area (Å²) in [6, 6.07) is 46.9. The molecule has 0 saturated heterocycles. The van der Waals surface area contributed by atoms with Gasteiger partial charge in [-0.25, -0.2) is 4.98 Å². The van der Waals surface area contributed by atoms with Gasteiger partial charge in [-0.15, -0.1) is 0 Å². The summed E-state index contributed by atoms with van der Waals surface area (Å²) < 4.78 is 4.61. The van der Waals surface area contributed by atoms with Gasteiger partial charge in [0.1, 0.15) is 5.82 Å². The van der Waals surface area contributed by atoms with Crippen molar-refractivity contribution in [1.29, 1.82) is 0 Å². The molecule has 0 fully saturated rings. The molecular formula is C36H24N4. The fraction of sp³-hybridized carbons (Fsp3) is 0. The fourth-order valence-corrected chi connectivity index (χ4v) is 5.84. The highest BCUT2D eigenvalue weighted by atomic mass is 15.1. The second-order valence-corrected chi connectivity index (χ2v) is 9.94. The molecule has 0 aliphatic heterocycles. The van der Waals surface area contributed by atoms with Crippen LogP contribution in [0.2, 0.25) is 0 Å². The summed E-state index contributed by atoms with van der Waals surface area (Å²) in [7, 11) is 0. The molecule has 0 N–H and O–H groups in total. The highest BCUT2D eigenvalue weighted by Gasteiger charge is 2.21. The van der Waals surface area contributed by atoms with Crippen LogP contribution in [0.5, 0.6) is 0 Å². The molecule has 0 bridgehead atoms. The summed E-state index contributed by atoms with van der Waals surface area (Å²) in [6.45, 7) is 0. The minimum absolute atomic E-state index is 0.897. The Morgan fingerprint density at radius 3 is 1.82 bits per heavy atom. The van der Waals surface area contributed by atoms with Crippen molar-refractivity contribution in [2.24, 2.45) is 0 Å². The first-order valence-corrected chi connectivity index (χ1v) is 13.4. The van der Waals surface area contributed by atoms with Crippen LogP contribution in [0.1, 0.15) is 0 Å². The predicted octanol–water partition coefficient (Wildman–Crippen LogP) is 8.85. The number of para-hydroxylation sites is 2. The first-order valence-electron chi connectivity index (χ1n) is 13.4. The highest BCUT2D eigenvalue weighted by Crippen LogP contribution is 2.39. The molecule has 0 aliphatic carbocycles. The molecule has 188 valence electrons. The monoisotopic (exact) mass is 512 g/mol. The van der Waals surface area contributed by atoms with Gasteiger partial charge in [0, 0.05) is 40.1 Å². The molecule has 5 aromatic carbocycles. The Balaban J connectivity index is 1.43. The van der Waals surface area contributed by atoms with Gasteiger partial charge >= 0.3 is 0 Å². The van der Waals surface area contributed by atoms with E-state index in [1.807, 2.05) is 30.6 Å². The van der Waals surface area contributed by atoms with Crippen LogP contribution in [0.25, 0.3) is 66.7 Å². The summed E-state index contributed by atoms with van der Waals surface area (Å²) in [5, 5.41) is 2.35. The molecule has 3 aromatic heterocycles. The lowest BCUT2D eigenvalue weighted by molar-refractivity contribution is 1.10. The number of pyridine rings is 1. The van der Waals surface area contributed by atoms with Gasteiger partial charge in [-0.3, -0.25) is 9.55 Å². The van der Waals surface area contributed by atoms with Crippen molar-refractivity contribution in [3.8, 4) is 33.9 Å². The van der Waals surface area contributed by atoms with E-state index in [1.165, 1.54) is 22.0 Å². The van der Waals surface area contributed by atoms with Crippen molar-refractivity contribution in [1.82, 2.24) is 19.1 Å². The molecule has 0 aliphatic rings. The van der Waals surface area contributed by atoms with E-state index in [-0.39, 0.29) is 0 Å². The summed E-state index contributed by atoms with van der Waals surface area (Å²) in [5.74, 6) is 0.897. The molecule has 0 unspecified atom stereocenters. The molecule has 0 amide bonds. The molecule has 0 saturated carbocycles. The number of aromatic nitrogens is 4. The SMILES string of the molecule is c1ccc(-c2ccc(-n3c(-c4ccncc4)nc4c5c6ccccc6n(-c6ccccc6)c5ccc43)cc2)cc1. The van der Waals surface area contributed by atoms with E-state index < -0.39 is 0 Å². The molecular weight excluding hydrogens is 488 g/mol. The van der Waals surface area contributed by atoms with Crippen molar-refractivity contribution < 1.29 is 0 Å². The lowest BCUT2D eigenvalue weighted by Gasteiger charge is -2.11. The molecule has 8 aromatic rings. The van der Waals surface area contributed by atoms with Crippen LogP contribution >= 0.6 is 0 Å². The maximum Gasteiger partial charge on any atom is 0.145 e. The van der Waals surface area contributed by atoms with Crippen LogP contribution in [0.3, 0.4) is 0 Å². The molecule has 4 heteroatoms. The molecule has 0 atom stereocenters. The molecule has 3 heterocycles. The van der Waals surface area contributed by atoms with E-state index in [0.29, 0.717) is 0 Å². The molecule has 0 radical (unpaired) electrons. The largest absolute Gasteiger partial charge is 0.309 e. The highest BCUT2D eigenvalue weighted by molar-refractivity contribution is 6.20. The number of rotatable bonds is 4. The zero-order chi connectivity index (χ0) is 26.5. The third-order valence-corrected chi connectivity index (χ3v) is 7.65. The maximum atomic E-state index is 5.35. The Morgan fingerprint density at radius 2 is 1.05 bits per heavy atom. The first kappa shape index (κ1) is 22.5. The Bertz CT molecular complexity index is 2120. The van der Waals surface area contributed by atoms with Crippen molar-refractivity contribution in [2.75, 3.05) is 0 Å². The number of nitrogens with zero attached hydrogens (tertiary/aromatic N) is 4. The van der Waals surface area contributed by atoms with Crippen LogP contribution in [0.15, 0.2) is 146 Å². The third-order valence-electron chi connectivity index (χ3n) is 7.65. The number of benzene rings is 5. The molecule has 8 rings (SSSR count). The second kappa shape index (κ2) is 9.07. The third kappa shape index (κ3) is 3.47. The van der Waals surface area contributed by atoms with Crippen LogP contribution in [-0.2, 0) is 0 Å². The van der Waals surface area contributed by atoms with E-state index in [2.05, 4.69) is 129 Å². The van der Waals surface area contributed by atoms with Crippen molar-refractivity contribution in [2.45, 2.75) is 0 Å². The predicted molar refractivity (Wildman–Crippen MR) is 164 cm³/mol. The average Bonchev–Trinajstić information content (AvgIpc) is 3.59. The van der Waals surface area contributed by atoms with Crippen molar-refractivity contribution in [3.05, 3.63) is 146 Å². The van der Waals surface area contributed by atoms with E-state index in [0.717, 1.165) is 44.7 Å². The maximum absolute atomic E-state index is 5.35.